The number of carbonyl (C=O) groups is 1. The van der Waals surface area contributed by atoms with Crippen molar-refractivity contribution < 1.29 is 9.90 Å². The average Bonchev–Trinajstić information content (AvgIpc) is 3.11. The number of pyridine rings is 1. The number of aliphatic hydroxyl groups excluding tert-OH is 1. The number of rotatable bonds is 4. The van der Waals surface area contributed by atoms with Gasteiger partial charge in [-0.2, -0.15) is 0 Å². The third kappa shape index (κ3) is 3.45. The Morgan fingerprint density at radius 3 is 2.63 bits per heavy atom. The van der Waals surface area contributed by atoms with E-state index in [1.165, 1.54) is 6.92 Å². The minimum Gasteiger partial charge on any atom is -0.392 e. The number of hydrogen-bond donors (Lipinski definition) is 2. The van der Waals surface area contributed by atoms with Crippen molar-refractivity contribution >= 4 is 17.2 Å². The Hall–Kier alpha value is -3.44. The number of imidazole rings is 1. The lowest BCUT2D eigenvalue weighted by molar-refractivity contribution is -0.114. The van der Waals surface area contributed by atoms with Crippen LogP contribution in [0.5, 0.6) is 0 Å². The van der Waals surface area contributed by atoms with Crippen LogP contribution in [0.3, 0.4) is 0 Å². The highest BCUT2D eigenvalue weighted by Crippen LogP contribution is 2.27. The predicted octanol–water partition coefficient (Wildman–Crippen LogP) is 4.12. The Balaban J connectivity index is 1.74. The summed E-state index contributed by atoms with van der Waals surface area (Å²) in [4.78, 5) is 15.8. The topological polar surface area (TPSA) is 66.6 Å². The number of fused-ring (bicyclic) bond motifs is 1. The number of hydrogen-bond acceptors (Lipinski definition) is 3. The molecule has 2 aromatic heterocycles. The smallest absolute Gasteiger partial charge is 0.221 e. The molecule has 2 aromatic carbocycles. The van der Waals surface area contributed by atoms with Crippen molar-refractivity contribution in [3.05, 3.63) is 78.6 Å². The van der Waals surface area contributed by atoms with Crippen molar-refractivity contribution in [2.24, 2.45) is 0 Å². The molecule has 4 rings (SSSR count). The van der Waals surface area contributed by atoms with Crippen molar-refractivity contribution in [1.29, 1.82) is 0 Å². The van der Waals surface area contributed by atoms with Crippen molar-refractivity contribution in [2.75, 3.05) is 5.32 Å². The summed E-state index contributed by atoms with van der Waals surface area (Å²) >= 11 is 0. The van der Waals surface area contributed by atoms with Crippen molar-refractivity contribution in [1.82, 2.24) is 9.38 Å². The van der Waals surface area contributed by atoms with Gasteiger partial charge in [-0.15, -0.1) is 0 Å². The quantitative estimate of drug-likeness (QED) is 0.577. The van der Waals surface area contributed by atoms with E-state index < -0.39 is 0 Å². The van der Waals surface area contributed by atoms with Gasteiger partial charge in [-0.3, -0.25) is 9.20 Å². The fourth-order valence-corrected chi connectivity index (χ4v) is 3.18. The molecule has 0 radical (unpaired) electrons. The van der Waals surface area contributed by atoms with Crippen LogP contribution in [0.4, 0.5) is 5.69 Å². The molecule has 0 atom stereocenters. The molecule has 0 unspecified atom stereocenters. The second-order valence-corrected chi connectivity index (χ2v) is 6.41. The molecular formula is C22H19N3O2. The van der Waals surface area contributed by atoms with Gasteiger partial charge < -0.3 is 10.4 Å². The molecule has 0 spiro atoms. The molecular weight excluding hydrogens is 338 g/mol. The molecule has 5 heteroatoms. The third-order valence-corrected chi connectivity index (χ3v) is 4.43. The van der Waals surface area contributed by atoms with Gasteiger partial charge in [-0.25, -0.2) is 4.98 Å². The SMILES string of the molecule is CC(=O)Nc1cccc(-c2cnc3cc(-c4cccc(CO)c4)ccn23)c1. The Bertz CT molecular complexity index is 1130. The van der Waals surface area contributed by atoms with E-state index in [1.54, 1.807) is 0 Å². The number of anilines is 1. The van der Waals surface area contributed by atoms with Gasteiger partial charge in [0.05, 0.1) is 18.5 Å². The largest absolute Gasteiger partial charge is 0.392 e. The number of amides is 1. The summed E-state index contributed by atoms with van der Waals surface area (Å²) in [5, 5.41) is 12.2. The zero-order chi connectivity index (χ0) is 18.8. The van der Waals surface area contributed by atoms with E-state index in [4.69, 9.17) is 0 Å². The molecule has 1 amide bonds. The van der Waals surface area contributed by atoms with E-state index in [9.17, 15) is 9.90 Å². The molecule has 0 saturated heterocycles. The Morgan fingerprint density at radius 1 is 1.04 bits per heavy atom. The highest BCUT2D eigenvalue weighted by atomic mass is 16.3. The van der Waals surface area contributed by atoms with Crippen LogP contribution in [0.1, 0.15) is 12.5 Å². The van der Waals surface area contributed by atoms with Crippen molar-refractivity contribution in [3.8, 4) is 22.4 Å². The highest BCUT2D eigenvalue weighted by molar-refractivity contribution is 5.89. The zero-order valence-electron chi connectivity index (χ0n) is 14.9. The fourth-order valence-electron chi connectivity index (χ4n) is 3.18. The summed E-state index contributed by atoms with van der Waals surface area (Å²) in [5.41, 5.74) is 6.49. The maximum atomic E-state index is 11.3. The molecule has 0 saturated carbocycles. The van der Waals surface area contributed by atoms with Crippen LogP contribution < -0.4 is 5.32 Å². The summed E-state index contributed by atoms with van der Waals surface area (Å²) in [6.45, 7) is 1.52. The van der Waals surface area contributed by atoms with Gasteiger partial charge >= 0.3 is 0 Å². The van der Waals surface area contributed by atoms with Crippen molar-refractivity contribution in [3.63, 3.8) is 0 Å². The summed E-state index contributed by atoms with van der Waals surface area (Å²) in [6.07, 6.45) is 3.82. The number of nitrogens with one attached hydrogen (secondary N) is 1. The normalized spacial score (nSPS) is 10.9. The fraction of sp³-hybridized carbons (Fsp3) is 0.0909. The zero-order valence-corrected chi connectivity index (χ0v) is 14.9. The summed E-state index contributed by atoms with van der Waals surface area (Å²) < 4.78 is 2.02. The number of benzene rings is 2. The van der Waals surface area contributed by atoms with Crippen LogP contribution in [-0.2, 0) is 11.4 Å². The van der Waals surface area contributed by atoms with Crippen LogP contribution in [0.25, 0.3) is 28.0 Å². The van der Waals surface area contributed by atoms with E-state index in [0.717, 1.165) is 39.3 Å². The maximum absolute atomic E-state index is 11.3. The first-order chi connectivity index (χ1) is 13.1. The van der Waals surface area contributed by atoms with Crippen LogP contribution >= 0.6 is 0 Å². The number of carbonyl (C=O) groups excluding carboxylic acids is 1. The lowest BCUT2D eigenvalue weighted by atomic mass is 10.0. The van der Waals surface area contributed by atoms with E-state index in [2.05, 4.69) is 10.3 Å². The van der Waals surface area contributed by atoms with Gasteiger partial charge in [-0.05, 0) is 47.0 Å². The van der Waals surface area contributed by atoms with Crippen LogP contribution in [0, 0.1) is 0 Å². The standard InChI is InChI=1S/C22H19N3O2/c1-15(27)24-20-7-3-6-19(11-20)21-13-23-22-12-18(8-9-25(21)22)17-5-2-4-16(10-17)14-26/h2-13,26H,14H2,1H3,(H,24,27). The number of aromatic nitrogens is 2. The average molecular weight is 357 g/mol. The molecule has 2 heterocycles. The molecule has 5 nitrogen and oxygen atoms in total. The molecule has 4 aromatic rings. The minimum atomic E-state index is -0.0972. The Kier molecular flexibility index (Phi) is 4.44. The lowest BCUT2D eigenvalue weighted by Crippen LogP contribution is -2.05. The molecule has 2 N–H and O–H groups in total. The number of aliphatic hydroxyl groups is 1. The van der Waals surface area contributed by atoms with Crippen LogP contribution in [0.2, 0.25) is 0 Å². The molecule has 0 bridgehead atoms. The number of nitrogens with zero attached hydrogens (tertiary/aromatic N) is 2. The summed E-state index contributed by atoms with van der Waals surface area (Å²) in [5.74, 6) is -0.0972. The van der Waals surface area contributed by atoms with E-state index in [0.29, 0.717) is 0 Å². The first-order valence-corrected chi connectivity index (χ1v) is 8.69. The summed E-state index contributed by atoms with van der Waals surface area (Å²) in [6, 6.07) is 19.6. The monoisotopic (exact) mass is 357 g/mol. The molecule has 27 heavy (non-hydrogen) atoms. The van der Waals surface area contributed by atoms with Gasteiger partial charge in [0.2, 0.25) is 5.91 Å². The van der Waals surface area contributed by atoms with E-state index in [-0.39, 0.29) is 12.5 Å². The van der Waals surface area contributed by atoms with Crippen LogP contribution in [0.15, 0.2) is 73.1 Å². The predicted molar refractivity (Wildman–Crippen MR) is 106 cm³/mol. The van der Waals surface area contributed by atoms with Gasteiger partial charge in [0.1, 0.15) is 5.65 Å². The van der Waals surface area contributed by atoms with Gasteiger partial charge in [0.25, 0.3) is 0 Å². The third-order valence-electron chi connectivity index (χ3n) is 4.43. The lowest BCUT2D eigenvalue weighted by Gasteiger charge is -2.08. The van der Waals surface area contributed by atoms with Gasteiger partial charge in [0.15, 0.2) is 0 Å². The van der Waals surface area contributed by atoms with Gasteiger partial charge in [0, 0.05) is 24.4 Å². The second-order valence-electron chi connectivity index (χ2n) is 6.41. The van der Waals surface area contributed by atoms with Crippen molar-refractivity contribution in [2.45, 2.75) is 13.5 Å². The summed E-state index contributed by atoms with van der Waals surface area (Å²) in [7, 11) is 0. The molecule has 0 aliphatic rings. The first-order valence-electron chi connectivity index (χ1n) is 8.69. The van der Waals surface area contributed by atoms with E-state index >= 15 is 0 Å². The Labute approximate surface area is 156 Å². The highest BCUT2D eigenvalue weighted by Gasteiger charge is 2.09. The molecule has 0 fully saturated rings. The Morgan fingerprint density at radius 2 is 1.81 bits per heavy atom. The van der Waals surface area contributed by atoms with Gasteiger partial charge in [-0.1, -0.05) is 30.3 Å². The van der Waals surface area contributed by atoms with E-state index in [1.807, 2.05) is 77.5 Å². The minimum absolute atomic E-state index is 0.0221. The first kappa shape index (κ1) is 17.0. The molecule has 0 aliphatic heterocycles. The molecule has 134 valence electrons. The second kappa shape index (κ2) is 7.05. The molecule has 0 aliphatic carbocycles. The maximum Gasteiger partial charge on any atom is 0.221 e. The van der Waals surface area contributed by atoms with Crippen LogP contribution in [-0.4, -0.2) is 20.4 Å².